The van der Waals surface area contributed by atoms with Gasteiger partial charge in [0.25, 0.3) is 0 Å². The lowest BCUT2D eigenvalue weighted by Crippen LogP contribution is -2.05. The second-order valence-electron chi connectivity index (χ2n) is 4.04. The Morgan fingerprint density at radius 3 is 2.21 bits per heavy atom. The van der Waals surface area contributed by atoms with Crippen molar-refractivity contribution in [3.8, 4) is 5.69 Å². The van der Waals surface area contributed by atoms with Gasteiger partial charge in [-0.25, -0.2) is 4.98 Å². The fraction of sp³-hybridized carbons (Fsp3) is 0.250. The SMILES string of the molecule is CC(N)c1cn(-c2ccc(C(F)(F)F)cc2)cn1.Cl. The summed E-state index contributed by atoms with van der Waals surface area (Å²) in [5, 5.41) is 0. The summed E-state index contributed by atoms with van der Waals surface area (Å²) in [6, 6.07) is 4.67. The van der Waals surface area contributed by atoms with Crippen LogP contribution in [-0.2, 0) is 6.18 Å². The van der Waals surface area contributed by atoms with Gasteiger partial charge in [-0.2, -0.15) is 13.2 Å². The molecular weight excluding hydrogens is 279 g/mol. The van der Waals surface area contributed by atoms with E-state index < -0.39 is 11.7 Å². The van der Waals surface area contributed by atoms with E-state index in [-0.39, 0.29) is 18.4 Å². The van der Waals surface area contributed by atoms with Crippen LogP contribution >= 0.6 is 12.4 Å². The largest absolute Gasteiger partial charge is 0.416 e. The molecule has 7 heteroatoms. The monoisotopic (exact) mass is 291 g/mol. The van der Waals surface area contributed by atoms with Crippen molar-refractivity contribution in [1.82, 2.24) is 9.55 Å². The van der Waals surface area contributed by atoms with Gasteiger partial charge in [0.1, 0.15) is 0 Å². The minimum Gasteiger partial charge on any atom is -0.323 e. The van der Waals surface area contributed by atoms with Gasteiger partial charge in [0.05, 0.1) is 17.6 Å². The van der Waals surface area contributed by atoms with Crippen LogP contribution in [0.25, 0.3) is 5.69 Å². The van der Waals surface area contributed by atoms with Crippen LogP contribution in [0.2, 0.25) is 0 Å². The van der Waals surface area contributed by atoms with Gasteiger partial charge in [-0.05, 0) is 31.2 Å². The zero-order valence-electron chi connectivity index (χ0n) is 10.1. The lowest BCUT2D eigenvalue weighted by atomic mass is 10.2. The molecular formula is C12H13ClF3N3. The Morgan fingerprint density at radius 1 is 1.21 bits per heavy atom. The molecule has 0 saturated heterocycles. The van der Waals surface area contributed by atoms with Crippen LogP contribution < -0.4 is 5.73 Å². The van der Waals surface area contributed by atoms with Crippen LogP contribution in [0.5, 0.6) is 0 Å². The molecule has 0 spiro atoms. The summed E-state index contributed by atoms with van der Waals surface area (Å²) in [5.41, 5.74) is 6.30. The van der Waals surface area contributed by atoms with Gasteiger partial charge in [0, 0.05) is 17.9 Å². The van der Waals surface area contributed by atoms with Crippen molar-refractivity contribution in [2.75, 3.05) is 0 Å². The Bertz CT molecular complexity index is 532. The van der Waals surface area contributed by atoms with Crippen molar-refractivity contribution in [2.24, 2.45) is 5.73 Å². The van der Waals surface area contributed by atoms with E-state index in [1.165, 1.54) is 18.5 Å². The molecule has 2 N–H and O–H groups in total. The molecule has 0 radical (unpaired) electrons. The topological polar surface area (TPSA) is 43.8 Å². The highest BCUT2D eigenvalue weighted by molar-refractivity contribution is 5.85. The van der Waals surface area contributed by atoms with E-state index in [4.69, 9.17) is 5.73 Å². The Morgan fingerprint density at radius 2 is 1.79 bits per heavy atom. The molecule has 2 rings (SSSR count). The second kappa shape index (κ2) is 5.63. The number of alkyl halides is 3. The lowest BCUT2D eigenvalue weighted by molar-refractivity contribution is -0.137. The maximum absolute atomic E-state index is 12.4. The number of hydrogen-bond donors (Lipinski definition) is 1. The van der Waals surface area contributed by atoms with E-state index in [9.17, 15) is 13.2 Å². The summed E-state index contributed by atoms with van der Waals surface area (Å²) < 4.78 is 38.8. The fourth-order valence-electron chi connectivity index (χ4n) is 1.54. The van der Waals surface area contributed by atoms with Crippen LogP contribution in [-0.4, -0.2) is 9.55 Å². The third kappa shape index (κ3) is 3.48. The second-order valence-corrected chi connectivity index (χ2v) is 4.04. The highest BCUT2D eigenvalue weighted by atomic mass is 35.5. The highest BCUT2D eigenvalue weighted by Gasteiger charge is 2.29. The zero-order chi connectivity index (χ0) is 13.3. The molecule has 2 aromatic rings. The van der Waals surface area contributed by atoms with Gasteiger partial charge in [0.15, 0.2) is 0 Å². The van der Waals surface area contributed by atoms with Crippen LogP contribution in [0.15, 0.2) is 36.8 Å². The smallest absolute Gasteiger partial charge is 0.323 e. The predicted molar refractivity (Wildman–Crippen MR) is 68.4 cm³/mol. The summed E-state index contributed by atoms with van der Waals surface area (Å²) in [4.78, 5) is 4.08. The van der Waals surface area contributed by atoms with Gasteiger partial charge < -0.3 is 10.3 Å². The number of nitrogens with two attached hydrogens (primary N) is 1. The van der Waals surface area contributed by atoms with Crippen LogP contribution in [0.1, 0.15) is 24.2 Å². The standard InChI is InChI=1S/C12H12F3N3.ClH/c1-8(16)11-6-18(7-17-11)10-4-2-9(3-5-10)12(13,14)15;/h2-8H,16H2,1H3;1H. The maximum atomic E-state index is 12.4. The van der Waals surface area contributed by atoms with E-state index in [1.54, 1.807) is 17.7 Å². The fourth-order valence-corrected chi connectivity index (χ4v) is 1.54. The first-order chi connectivity index (χ1) is 8.38. The summed E-state index contributed by atoms with van der Waals surface area (Å²) in [7, 11) is 0. The van der Waals surface area contributed by atoms with Crippen molar-refractivity contribution in [3.05, 3.63) is 48.0 Å². The van der Waals surface area contributed by atoms with Gasteiger partial charge in [0.2, 0.25) is 0 Å². The van der Waals surface area contributed by atoms with Crippen molar-refractivity contribution < 1.29 is 13.2 Å². The normalized spacial score (nSPS) is 12.9. The average Bonchev–Trinajstić information content (AvgIpc) is 2.77. The third-order valence-corrected chi connectivity index (χ3v) is 2.56. The summed E-state index contributed by atoms with van der Waals surface area (Å²) in [5.74, 6) is 0. The number of halogens is 4. The molecule has 0 bridgehead atoms. The molecule has 1 unspecified atom stereocenters. The molecule has 1 aromatic heterocycles. The first-order valence-corrected chi connectivity index (χ1v) is 5.35. The van der Waals surface area contributed by atoms with E-state index in [0.717, 1.165) is 12.1 Å². The third-order valence-electron chi connectivity index (χ3n) is 2.56. The lowest BCUT2D eigenvalue weighted by Gasteiger charge is -2.07. The van der Waals surface area contributed by atoms with Crippen LogP contribution in [0.4, 0.5) is 13.2 Å². The number of imidazole rings is 1. The van der Waals surface area contributed by atoms with Crippen molar-refractivity contribution in [1.29, 1.82) is 0 Å². The molecule has 3 nitrogen and oxygen atoms in total. The number of nitrogens with zero attached hydrogens (tertiary/aromatic N) is 2. The van der Waals surface area contributed by atoms with E-state index >= 15 is 0 Å². The number of rotatable bonds is 2. The summed E-state index contributed by atoms with van der Waals surface area (Å²) in [6.45, 7) is 1.79. The van der Waals surface area contributed by atoms with E-state index in [2.05, 4.69) is 4.98 Å². The van der Waals surface area contributed by atoms with Gasteiger partial charge in [-0.3, -0.25) is 0 Å². The molecule has 1 aromatic carbocycles. The molecule has 0 aliphatic carbocycles. The zero-order valence-corrected chi connectivity index (χ0v) is 10.9. The predicted octanol–water partition coefficient (Wildman–Crippen LogP) is 3.33. The minimum absolute atomic E-state index is 0. The highest BCUT2D eigenvalue weighted by Crippen LogP contribution is 2.29. The maximum Gasteiger partial charge on any atom is 0.416 e. The molecule has 0 aliphatic heterocycles. The van der Waals surface area contributed by atoms with Gasteiger partial charge in [-0.1, -0.05) is 0 Å². The molecule has 1 heterocycles. The Balaban J connectivity index is 0.00000180. The summed E-state index contributed by atoms with van der Waals surface area (Å²) >= 11 is 0. The van der Waals surface area contributed by atoms with Crippen molar-refractivity contribution in [2.45, 2.75) is 19.1 Å². The molecule has 0 amide bonds. The first-order valence-electron chi connectivity index (χ1n) is 5.35. The Labute approximate surface area is 114 Å². The van der Waals surface area contributed by atoms with E-state index in [0.29, 0.717) is 11.4 Å². The average molecular weight is 292 g/mol. The quantitative estimate of drug-likeness (QED) is 0.922. The molecule has 0 saturated carbocycles. The van der Waals surface area contributed by atoms with Crippen LogP contribution in [0.3, 0.4) is 0 Å². The minimum atomic E-state index is -4.32. The first kappa shape index (κ1) is 15.5. The molecule has 0 aliphatic rings. The molecule has 104 valence electrons. The Hall–Kier alpha value is -1.53. The number of hydrogen-bond acceptors (Lipinski definition) is 2. The molecule has 0 fully saturated rings. The van der Waals surface area contributed by atoms with Crippen molar-refractivity contribution >= 4 is 12.4 Å². The van der Waals surface area contributed by atoms with Gasteiger partial charge >= 0.3 is 6.18 Å². The Kier molecular flexibility index (Phi) is 4.60. The van der Waals surface area contributed by atoms with Crippen LogP contribution in [0, 0.1) is 0 Å². The number of benzene rings is 1. The summed E-state index contributed by atoms with van der Waals surface area (Å²) in [6.07, 6.45) is -1.08. The van der Waals surface area contributed by atoms with Gasteiger partial charge in [-0.15, -0.1) is 12.4 Å². The van der Waals surface area contributed by atoms with Crippen molar-refractivity contribution in [3.63, 3.8) is 0 Å². The number of aromatic nitrogens is 2. The molecule has 1 atom stereocenters. The molecule has 19 heavy (non-hydrogen) atoms. The van der Waals surface area contributed by atoms with E-state index in [1.807, 2.05) is 0 Å².